The van der Waals surface area contributed by atoms with Crippen LogP contribution in [-0.2, 0) is 0 Å². The summed E-state index contributed by atoms with van der Waals surface area (Å²) in [6, 6.07) is 6.26. The predicted octanol–water partition coefficient (Wildman–Crippen LogP) is 1.72. The van der Waals surface area contributed by atoms with Gasteiger partial charge in [-0.2, -0.15) is 5.10 Å². The molecule has 162 valence electrons. The number of carbonyl (C=O) groups is 2. The van der Waals surface area contributed by atoms with E-state index in [1.54, 1.807) is 18.2 Å². The van der Waals surface area contributed by atoms with Gasteiger partial charge in [0.05, 0.1) is 24.5 Å². The van der Waals surface area contributed by atoms with Crippen LogP contribution >= 0.6 is 0 Å². The fraction of sp³-hybridized carbons (Fsp3) is 0.333. The van der Waals surface area contributed by atoms with Crippen molar-refractivity contribution in [2.75, 3.05) is 12.8 Å². The number of nitrogens with two attached hydrogens (primary N) is 1. The Morgan fingerprint density at radius 2 is 1.94 bits per heavy atom. The molecule has 10 heteroatoms. The number of aliphatic hydroxyl groups excluding tert-OH is 1. The molecule has 1 fully saturated rings. The minimum atomic E-state index is -1.10. The zero-order chi connectivity index (χ0) is 22.1. The number of aromatic nitrogens is 3. The second-order valence-electron chi connectivity index (χ2n) is 7.55. The maximum Gasteiger partial charge on any atom is 0.339 e. The fourth-order valence-electron chi connectivity index (χ4n) is 3.96. The highest BCUT2D eigenvalue weighted by molar-refractivity contribution is 6.05. The number of methoxy groups -OCH3 is 1. The number of carbonyl (C=O) groups excluding carboxylic acids is 1. The quantitative estimate of drug-likeness (QED) is 0.482. The summed E-state index contributed by atoms with van der Waals surface area (Å²) < 4.78 is 6.73. The topological polar surface area (TPSA) is 152 Å². The van der Waals surface area contributed by atoms with Gasteiger partial charge in [0.1, 0.15) is 23.2 Å². The molecule has 31 heavy (non-hydrogen) atoms. The summed E-state index contributed by atoms with van der Waals surface area (Å²) in [5, 5.41) is 26.3. The Balaban J connectivity index is 1.75. The van der Waals surface area contributed by atoms with Crippen LogP contribution in [0.4, 0.5) is 5.82 Å². The Morgan fingerprint density at radius 3 is 2.61 bits per heavy atom. The minimum Gasteiger partial charge on any atom is -0.496 e. The van der Waals surface area contributed by atoms with Crippen LogP contribution in [-0.4, -0.2) is 55.9 Å². The van der Waals surface area contributed by atoms with Crippen LogP contribution in [0.15, 0.2) is 30.6 Å². The zero-order valence-corrected chi connectivity index (χ0v) is 16.9. The van der Waals surface area contributed by atoms with Gasteiger partial charge < -0.3 is 26.0 Å². The van der Waals surface area contributed by atoms with Crippen LogP contribution in [0, 0.1) is 0 Å². The lowest BCUT2D eigenvalue weighted by atomic mass is 9.93. The molecule has 0 saturated heterocycles. The molecule has 1 aromatic carbocycles. The van der Waals surface area contributed by atoms with Gasteiger partial charge in [-0.1, -0.05) is 6.07 Å². The molecule has 1 amide bonds. The second-order valence-corrected chi connectivity index (χ2v) is 7.55. The van der Waals surface area contributed by atoms with Crippen molar-refractivity contribution in [1.29, 1.82) is 0 Å². The van der Waals surface area contributed by atoms with Gasteiger partial charge in [0.2, 0.25) is 0 Å². The number of ether oxygens (including phenoxy) is 1. The number of benzene rings is 1. The van der Waals surface area contributed by atoms with Crippen molar-refractivity contribution in [2.45, 2.75) is 37.8 Å². The van der Waals surface area contributed by atoms with E-state index < -0.39 is 5.97 Å². The molecule has 0 bridgehead atoms. The third-order valence-electron chi connectivity index (χ3n) is 5.59. The van der Waals surface area contributed by atoms with Crippen LogP contribution < -0.4 is 15.8 Å². The number of nitrogen functional groups attached to an aromatic ring is 1. The largest absolute Gasteiger partial charge is 0.496 e. The van der Waals surface area contributed by atoms with Crippen molar-refractivity contribution in [2.24, 2.45) is 0 Å². The van der Waals surface area contributed by atoms with Crippen molar-refractivity contribution >= 4 is 23.2 Å². The molecule has 2 heterocycles. The van der Waals surface area contributed by atoms with E-state index in [1.807, 2.05) is 0 Å². The van der Waals surface area contributed by atoms with E-state index in [0.29, 0.717) is 48.0 Å². The number of fused-ring (bicyclic) bond motifs is 1. The lowest BCUT2D eigenvalue weighted by molar-refractivity contribution is 0.0693. The number of aromatic carboxylic acids is 1. The van der Waals surface area contributed by atoms with E-state index in [1.165, 1.54) is 24.0 Å². The molecule has 5 N–H and O–H groups in total. The number of aliphatic hydroxyl groups is 1. The highest BCUT2D eigenvalue weighted by atomic mass is 16.5. The van der Waals surface area contributed by atoms with E-state index in [2.05, 4.69) is 15.4 Å². The lowest BCUT2D eigenvalue weighted by Crippen LogP contribution is -2.38. The number of anilines is 1. The normalized spacial score (nSPS) is 18.6. The predicted molar refractivity (Wildman–Crippen MR) is 112 cm³/mol. The fourth-order valence-corrected chi connectivity index (χ4v) is 3.96. The van der Waals surface area contributed by atoms with Crippen LogP contribution in [0.2, 0.25) is 0 Å². The Labute approximate surface area is 177 Å². The van der Waals surface area contributed by atoms with Gasteiger partial charge >= 0.3 is 5.97 Å². The molecule has 1 aliphatic rings. The van der Waals surface area contributed by atoms with Crippen molar-refractivity contribution in [1.82, 2.24) is 19.9 Å². The first-order valence-electron chi connectivity index (χ1n) is 9.92. The monoisotopic (exact) mass is 425 g/mol. The molecule has 4 rings (SSSR count). The summed E-state index contributed by atoms with van der Waals surface area (Å²) in [5.74, 6) is -1.07. The van der Waals surface area contributed by atoms with E-state index in [4.69, 9.17) is 10.5 Å². The maximum absolute atomic E-state index is 13.1. The number of hydrogen-bond acceptors (Lipinski definition) is 7. The smallest absolute Gasteiger partial charge is 0.339 e. The summed E-state index contributed by atoms with van der Waals surface area (Å²) in [6.07, 6.45) is 3.67. The van der Waals surface area contributed by atoms with Gasteiger partial charge in [0.25, 0.3) is 5.91 Å². The highest BCUT2D eigenvalue weighted by Crippen LogP contribution is 2.32. The molecule has 0 unspecified atom stereocenters. The van der Waals surface area contributed by atoms with Gasteiger partial charge in [0, 0.05) is 11.6 Å². The van der Waals surface area contributed by atoms with Gasteiger partial charge in [0.15, 0.2) is 5.82 Å². The van der Waals surface area contributed by atoms with Gasteiger partial charge in [-0.15, -0.1) is 0 Å². The summed E-state index contributed by atoms with van der Waals surface area (Å²) in [6.45, 7) is 0. The first kappa shape index (κ1) is 20.6. The standard InChI is InChI=1S/C21H23N5O5/c1-31-17-8-11(2-7-14(17)21(29)30)16-9-15(18-19(22)23-10-24-26(16)18)20(28)25-12-3-5-13(27)6-4-12/h2,7-10,12-13,27H,3-6H2,1H3,(H,25,28)(H,29,30)(H2,22,23,24)/t12-,13-. The molecule has 1 aliphatic carbocycles. The number of nitrogens with zero attached hydrogens (tertiary/aromatic N) is 3. The van der Waals surface area contributed by atoms with E-state index in [-0.39, 0.29) is 35.2 Å². The first-order valence-corrected chi connectivity index (χ1v) is 9.92. The van der Waals surface area contributed by atoms with Crippen LogP contribution in [0.25, 0.3) is 16.8 Å². The molecule has 0 aliphatic heterocycles. The molecular weight excluding hydrogens is 402 g/mol. The first-order chi connectivity index (χ1) is 14.9. The van der Waals surface area contributed by atoms with Crippen molar-refractivity contribution in [3.8, 4) is 17.0 Å². The molecule has 3 aromatic rings. The number of amides is 1. The minimum absolute atomic E-state index is 0.0266. The Kier molecular flexibility index (Phi) is 5.47. The number of hydrogen-bond donors (Lipinski definition) is 4. The third kappa shape index (κ3) is 3.89. The number of carboxylic acid groups (broad SMARTS) is 1. The van der Waals surface area contributed by atoms with Crippen LogP contribution in [0.1, 0.15) is 46.4 Å². The van der Waals surface area contributed by atoms with Crippen LogP contribution in [0.5, 0.6) is 5.75 Å². The Bertz CT molecular complexity index is 1150. The van der Waals surface area contributed by atoms with Crippen molar-refractivity contribution in [3.63, 3.8) is 0 Å². The molecule has 0 atom stereocenters. The number of rotatable bonds is 5. The SMILES string of the molecule is COc1cc(-c2cc(C(=O)N[C@H]3CC[C@H](O)CC3)c3c(N)ncnn23)ccc1C(=O)O. The van der Waals surface area contributed by atoms with Crippen molar-refractivity contribution in [3.05, 3.63) is 41.7 Å². The van der Waals surface area contributed by atoms with Crippen molar-refractivity contribution < 1.29 is 24.5 Å². The summed E-state index contributed by atoms with van der Waals surface area (Å²) in [4.78, 5) is 28.5. The maximum atomic E-state index is 13.1. The summed E-state index contributed by atoms with van der Waals surface area (Å²) >= 11 is 0. The van der Waals surface area contributed by atoms with Gasteiger partial charge in [-0.3, -0.25) is 4.79 Å². The van der Waals surface area contributed by atoms with E-state index in [9.17, 15) is 19.8 Å². The third-order valence-corrected chi connectivity index (χ3v) is 5.59. The Hall–Kier alpha value is -3.66. The lowest BCUT2D eigenvalue weighted by Gasteiger charge is -2.26. The molecule has 1 saturated carbocycles. The molecule has 0 radical (unpaired) electrons. The molecule has 10 nitrogen and oxygen atoms in total. The van der Waals surface area contributed by atoms with Gasteiger partial charge in [-0.25, -0.2) is 14.3 Å². The van der Waals surface area contributed by atoms with Crippen LogP contribution in [0.3, 0.4) is 0 Å². The zero-order valence-electron chi connectivity index (χ0n) is 16.9. The highest BCUT2D eigenvalue weighted by Gasteiger charge is 2.25. The summed E-state index contributed by atoms with van der Waals surface area (Å²) in [7, 11) is 1.39. The van der Waals surface area contributed by atoms with E-state index in [0.717, 1.165) is 0 Å². The Morgan fingerprint density at radius 1 is 1.19 bits per heavy atom. The number of nitrogens with one attached hydrogen (secondary N) is 1. The second kappa shape index (κ2) is 8.23. The van der Waals surface area contributed by atoms with Gasteiger partial charge in [-0.05, 0) is 43.9 Å². The molecule has 0 spiro atoms. The average molecular weight is 425 g/mol. The molecule has 2 aromatic heterocycles. The molecular formula is C21H23N5O5. The number of carboxylic acids is 1. The summed E-state index contributed by atoms with van der Waals surface area (Å²) in [5.41, 5.74) is 7.94. The average Bonchev–Trinajstić information content (AvgIpc) is 3.16. The van der Waals surface area contributed by atoms with E-state index >= 15 is 0 Å².